The van der Waals surface area contributed by atoms with Crippen LogP contribution in [0.25, 0.3) is 0 Å². The highest BCUT2D eigenvalue weighted by Gasteiger charge is 2.23. The molecule has 1 unspecified atom stereocenters. The number of hydrogen-bond acceptors (Lipinski definition) is 7. The van der Waals surface area contributed by atoms with Crippen LogP contribution in [-0.2, 0) is 14.9 Å². The summed E-state index contributed by atoms with van der Waals surface area (Å²) in [6.45, 7) is 3.28. The van der Waals surface area contributed by atoms with Gasteiger partial charge >= 0.3 is 5.97 Å². The molecule has 2 N–H and O–H groups in total. The van der Waals surface area contributed by atoms with E-state index in [2.05, 4.69) is 21.9 Å². The molecule has 1 saturated heterocycles. The first-order valence-corrected chi connectivity index (χ1v) is 10.7. The molecule has 0 bridgehead atoms. The Hall–Kier alpha value is -2.46. The van der Waals surface area contributed by atoms with E-state index in [1.165, 1.54) is 23.9 Å². The Morgan fingerprint density at radius 2 is 1.62 bits per heavy atom. The minimum Gasteiger partial charge on any atom is -0.459 e. The molecule has 1 fully saturated rings. The quantitative estimate of drug-likeness (QED) is 0.509. The SMILES string of the molecule is O=C(OCC(O)CN1CCN(c2ccccc2)CC1)c1ccccc1S(=O)(=O)O. The van der Waals surface area contributed by atoms with Gasteiger partial charge in [-0.3, -0.25) is 9.45 Å². The summed E-state index contributed by atoms with van der Waals surface area (Å²) >= 11 is 0. The Labute approximate surface area is 170 Å². The van der Waals surface area contributed by atoms with Crippen LogP contribution < -0.4 is 4.90 Å². The molecule has 0 aliphatic carbocycles. The maximum Gasteiger partial charge on any atom is 0.339 e. The Balaban J connectivity index is 1.47. The first-order valence-electron chi connectivity index (χ1n) is 9.28. The average Bonchev–Trinajstić information content (AvgIpc) is 2.72. The summed E-state index contributed by atoms with van der Waals surface area (Å²) in [5, 5.41) is 10.2. The number of benzene rings is 2. The van der Waals surface area contributed by atoms with E-state index in [1.807, 2.05) is 18.2 Å². The number of aliphatic hydroxyl groups is 1. The Morgan fingerprint density at radius 3 is 2.28 bits per heavy atom. The van der Waals surface area contributed by atoms with Crippen molar-refractivity contribution in [2.24, 2.45) is 0 Å². The number of para-hydroxylation sites is 1. The molecular formula is C20H24N2O6S. The number of hydrogen-bond donors (Lipinski definition) is 2. The molecule has 156 valence electrons. The van der Waals surface area contributed by atoms with Gasteiger partial charge in [0.05, 0.1) is 5.56 Å². The van der Waals surface area contributed by atoms with Crippen molar-refractivity contribution in [2.75, 3.05) is 44.2 Å². The van der Waals surface area contributed by atoms with Gasteiger partial charge in [-0.2, -0.15) is 8.42 Å². The highest BCUT2D eigenvalue weighted by atomic mass is 32.2. The van der Waals surface area contributed by atoms with Crippen molar-refractivity contribution in [1.82, 2.24) is 4.90 Å². The summed E-state index contributed by atoms with van der Waals surface area (Å²) in [6, 6.07) is 15.3. The zero-order valence-electron chi connectivity index (χ0n) is 15.8. The number of β-amino-alcohol motifs (C(OH)–C–C–N with tert-alkyl or cyclic N) is 1. The topological polar surface area (TPSA) is 107 Å². The van der Waals surface area contributed by atoms with E-state index in [0.717, 1.165) is 32.2 Å². The number of piperazine rings is 1. The van der Waals surface area contributed by atoms with Gasteiger partial charge in [-0.15, -0.1) is 0 Å². The van der Waals surface area contributed by atoms with Crippen molar-refractivity contribution in [1.29, 1.82) is 0 Å². The number of nitrogens with zero attached hydrogens (tertiary/aromatic N) is 2. The van der Waals surface area contributed by atoms with Crippen molar-refractivity contribution in [3.8, 4) is 0 Å². The minimum atomic E-state index is -4.54. The second kappa shape index (κ2) is 9.36. The predicted molar refractivity (Wildman–Crippen MR) is 108 cm³/mol. The van der Waals surface area contributed by atoms with Gasteiger partial charge in [0.25, 0.3) is 10.1 Å². The van der Waals surface area contributed by atoms with Crippen LogP contribution in [0.4, 0.5) is 5.69 Å². The number of ether oxygens (including phenoxy) is 1. The molecule has 1 aliphatic rings. The van der Waals surface area contributed by atoms with Gasteiger partial charge in [-0.25, -0.2) is 4.79 Å². The number of esters is 1. The standard InChI is InChI=1S/C20H24N2O6S/c23-17(14-21-10-12-22(13-11-21)16-6-2-1-3-7-16)15-28-20(24)18-8-4-5-9-19(18)29(25,26)27/h1-9,17,23H,10-15H2,(H,25,26,27). The van der Waals surface area contributed by atoms with Gasteiger partial charge in [-0.05, 0) is 24.3 Å². The van der Waals surface area contributed by atoms with Gasteiger partial charge in [0.2, 0.25) is 0 Å². The Morgan fingerprint density at radius 1 is 1.00 bits per heavy atom. The molecule has 1 atom stereocenters. The van der Waals surface area contributed by atoms with Crippen LogP contribution in [0.15, 0.2) is 59.5 Å². The zero-order chi connectivity index (χ0) is 20.9. The summed E-state index contributed by atoms with van der Waals surface area (Å²) in [4.78, 5) is 16.0. The third kappa shape index (κ3) is 5.77. The number of anilines is 1. The monoisotopic (exact) mass is 420 g/mol. The van der Waals surface area contributed by atoms with E-state index >= 15 is 0 Å². The first kappa shape index (κ1) is 21.3. The lowest BCUT2D eigenvalue weighted by molar-refractivity contribution is 0.0148. The Kier molecular flexibility index (Phi) is 6.86. The Bertz CT molecular complexity index is 927. The van der Waals surface area contributed by atoms with Crippen molar-refractivity contribution in [3.63, 3.8) is 0 Å². The van der Waals surface area contributed by atoms with Crippen LogP contribution in [0, 0.1) is 0 Å². The van der Waals surface area contributed by atoms with Gasteiger partial charge in [-0.1, -0.05) is 30.3 Å². The van der Waals surface area contributed by atoms with E-state index < -0.39 is 27.1 Å². The third-order valence-corrected chi connectivity index (χ3v) is 5.67. The number of aliphatic hydroxyl groups excluding tert-OH is 1. The van der Waals surface area contributed by atoms with E-state index in [9.17, 15) is 22.9 Å². The van der Waals surface area contributed by atoms with Gasteiger partial charge < -0.3 is 14.7 Å². The molecule has 1 aliphatic heterocycles. The second-order valence-corrected chi connectivity index (χ2v) is 8.24. The second-order valence-electron chi connectivity index (χ2n) is 6.85. The van der Waals surface area contributed by atoms with Crippen LogP contribution in [0.3, 0.4) is 0 Å². The van der Waals surface area contributed by atoms with Gasteiger partial charge in [0, 0.05) is 38.4 Å². The highest BCUT2D eigenvalue weighted by molar-refractivity contribution is 7.86. The van der Waals surface area contributed by atoms with Crippen molar-refractivity contribution in [2.45, 2.75) is 11.0 Å². The van der Waals surface area contributed by atoms with E-state index in [-0.39, 0.29) is 12.2 Å². The molecule has 0 saturated carbocycles. The summed E-state index contributed by atoms with van der Waals surface area (Å²) < 4.78 is 37.0. The molecule has 2 aromatic carbocycles. The largest absolute Gasteiger partial charge is 0.459 e. The van der Waals surface area contributed by atoms with Crippen molar-refractivity contribution >= 4 is 21.8 Å². The fourth-order valence-corrected chi connectivity index (χ4v) is 3.97. The summed E-state index contributed by atoms with van der Waals surface area (Å²) in [6.07, 6.45) is -0.903. The molecule has 0 spiro atoms. The van der Waals surface area contributed by atoms with Crippen LogP contribution in [-0.4, -0.2) is 74.4 Å². The molecule has 0 radical (unpaired) electrons. The molecule has 3 rings (SSSR count). The van der Waals surface area contributed by atoms with E-state index in [0.29, 0.717) is 6.54 Å². The predicted octanol–water partition coefficient (Wildman–Crippen LogP) is 1.27. The molecule has 2 aromatic rings. The normalized spacial score (nSPS) is 16.4. The number of rotatable bonds is 7. The molecule has 8 nitrogen and oxygen atoms in total. The smallest absolute Gasteiger partial charge is 0.339 e. The number of carbonyl (C=O) groups is 1. The lowest BCUT2D eigenvalue weighted by Crippen LogP contribution is -2.49. The molecule has 29 heavy (non-hydrogen) atoms. The maximum absolute atomic E-state index is 12.2. The van der Waals surface area contributed by atoms with Crippen LogP contribution in [0.1, 0.15) is 10.4 Å². The van der Waals surface area contributed by atoms with Crippen molar-refractivity contribution in [3.05, 3.63) is 60.2 Å². The molecule has 9 heteroatoms. The van der Waals surface area contributed by atoms with Crippen LogP contribution in [0.2, 0.25) is 0 Å². The summed E-state index contributed by atoms with van der Waals surface area (Å²) in [7, 11) is -4.54. The third-order valence-electron chi connectivity index (χ3n) is 4.75. The van der Waals surface area contributed by atoms with Crippen LogP contribution >= 0.6 is 0 Å². The molecule has 0 amide bonds. The molecule has 0 aromatic heterocycles. The fourth-order valence-electron chi connectivity index (χ4n) is 3.29. The summed E-state index contributed by atoms with van der Waals surface area (Å²) in [5.74, 6) is -0.911. The first-order chi connectivity index (χ1) is 13.8. The van der Waals surface area contributed by atoms with Crippen molar-refractivity contribution < 1.29 is 27.6 Å². The average molecular weight is 420 g/mol. The lowest BCUT2D eigenvalue weighted by atomic mass is 10.2. The van der Waals surface area contributed by atoms with E-state index in [1.54, 1.807) is 0 Å². The molecular weight excluding hydrogens is 396 g/mol. The summed E-state index contributed by atoms with van der Waals surface area (Å²) in [5.41, 5.74) is 0.901. The fraction of sp³-hybridized carbons (Fsp3) is 0.350. The minimum absolute atomic E-state index is 0.265. The zero-order valence-corrected chi connectivity index (χ0v) is 16.7. The molecule has 1 heterocycles. The van der Waals surface area contributed by atoms with Gasteiger partial charge in [0.15, 0.2) is 0 Å². The maximum atomic E-state index is 12.2. The van der Waals surface area contributed by atoms with Gasteiger partial charge in [0.1, 0.15) is 17.6 Å². The lowest BCUT2D eigenvalue weighted by Gasteiger charge is -2.36. The van der Waals surface area contributed by atoms with E-state index in [4.69, 9.17) is 4.74 Å². The number of carbonyl (C=O) groups excluding carboxylic acids is 1. The van der Waals surface area contributed by atoms with Crippen LogP contribution in [0.5, 0.6) is 0 Å². The highest BCUT2D eigenvalue weighted by Crippen LogP contribution is 2.17.